The number of hydrogen-bond donors (Lipinski definition) is 1. The van der Waals surface area contributed by atoms with Crippen LogP contribution >= 0.6 is 0 Å². The number of aryl methyl sites for hydroxylation is 1. The Labute approximate surface area is 181 Å². The van der Waals surface area contributed by atoms with Crippen molar-refractivity contribution in [2.24, 2.45) is 0 Å². The Kier molecular flexibility index (Phi) is 4.35. The molecule has 32 heavy (non-hydrogen) atoms. The molecular weight excluding hydrogens is 406 g/mol. The van der Waals surface area contributed by atoms with E-state index in [4.69, 9.17) is 14.6 Å². The molecule has 0 bridgehead atoms. The fraction of sp³-hybridized carbons (Fsp3) is 0.0400. The van der Waals surface area contributed by atoms with Crippen LogP contribution in [0.2, 0.25) is 0 Å². The summed E-state index contributed by atoms with van der Waals surface area (Å²) in [5.41, 5.74) is 8.13. The number of aromatic nitrogens is 1. The number of nitrogens with two attached hydrogens (primary N) is 1. The van der Waals surface area contributed by atoms with Crippen molar-refractivity contribution >= 4 is 27.8 Å². The van der Waals surface area contributed by atoms with Crippen LogP contribution < -0.4 is 17.0 Å². The largest absolute Gasteiger partial charge is 0.423 e. The number of nitriles is 1. The smallest absolute Gasteiger partial charge is 0.345 e. The van der Waals surface area contributed by atoms with Crippen LogP contribution in [0.3, 0.4) is 0 Å². The highest BCUT2D eigenvalue weighted by molar-refractivity contribution is 5.97. The molecule has 0 saturated heterocycles. The molecule has 0 fully saturated rings. The van der Waals surface area contributed by atoms with Gasteiger partial charge in [0.1, 0.15) is 28.6 Å². The molecule has 0 radical (unpaired) electrons. The molecule has 0 aliphatic carbocycles. The number of nitrogen functional groups attached to an aromatic ring is 1. The molecule has 3 heterocycles. The maximum absolute atomic E-state index is 12.7. The molecule has 0 atom stereocenters. The standard InChI is InChI=1S/C25H15N3O4/c1-13-6-7-22-17(8-13)16(11-23(29)31-22)15-10-20(28-24(27)19(15)12-26)18-9-14-4-2-3-5-21(14)32-25(18)30/h2-11H,1H3,(H2,27,28). The summed E-state index contributed by atoms with van der Waals surface area (Å²) in [6.45, 7) is 1.91. The molecule has 0 unspecified atom stereocenters. The van der Waals surface area contributed by atoms with E-state index in [2.05, 4.69) is 11.1 Å². The zero-order valence-electron chi connectivity index (χ0n) is 16.9. The van der Waals surface area contributed by atoms with Gasteiger partial charge in [-0.25, -0.2) is 14.6 Å². The third kappa shape index (κ3) is 3.11. The van der Waals surface area contributed by atoms with Gasteiger partial charge in [-0.05, 0) is 37.3 Å². The first kappa shape index (κ1) is 19.3. The minimum Gasteiger partial charge on any atom is -0.423 e. The summed E-state index contributed by atoms with van der Waals surface area (Å²) >= 11 is 0. The number of anilines is 1. The van der Waals surface area contributed by atoms with Gasteiger partial charge in [0.15, 0.2) is 0 Å². The van der Waals surface area contributed by atoms with Crippen molar-refractivity contribution in [2.45, 2.75) is 6.92 Å². The van der Waals surface area contributed by atoms with E-state index in [1.165, 1.54) is 6.07 Å². The van der Waals surface area contributed by atoms with Crippen molar-refractivity contribution < 1.29 is 8.83 Å². The van der Waals surface area contributed by atoms with Gasteiger partial charge in [-0.15, -0.1) is 0 Å². The Bertz CT molecular complexity index is 1710. The second-order valence-corrected chi connectivity index (χ2v) is 7.39. The Morgan fingerprint density at radius 3 is 2.53 bits per heavy atom. The van der Waals surface area contributed by atoms with Crippen molar-refractivity contribution in [3.05, 3.63) is 92.6 Å². The van der Waals surface area contributed by atoms with Crippen LogP contribution in [0.15, 0.2) is 79.1 Å². The van der Waals surface area contributed by atoms with E-state index >= 15 is 0 Å². The third-order valence-electron chi connectivity index (χ3n) is 5.26. The average molecular weight is 421 g/mol. The molecule has 2 N–H and O–H groups in total. The summed E-state index contributed by atoms with van der Waals surface area (Å²) in [6, 6.07) is 19.1. The first-order valence-corrected chi connectivity index (χ1v) is 9.73. The van der Waals surface area contributed by atoms with E-state index in [1.54, 1.807) is 30.3 Å². The highest BCUT2D eigenvalue weighted by Gasteiger charge is 2.19. The highest BCUT2D eigenvalue weighted by Crippen LogP contribution is 2.34. The zero-order valence-corrected chi connectivity index (χ0v) is 16.9. The van der Waals surface area contributed by atoms with Crippen LogP contribution in [0.5, 0.6) is 0 Å². The van der Waals surface area contributed by atoms with Gasteiger partial charge in [-0.2, -0.15) is 5.26 Å². The predicted octanol–water partition coefficient (Wildman–Crippen LogP) is 4.39. The first-order chi connectivity index (χ1) is 15.4. The lowest BCUT2D eigenvalue weighted by Gasteiger charge is -2.12. The molecule has 154 valence electrons. The predicted molar refractivity (Wildman–Crippen MR) is 121 cm³/mol. The van der Waals surface area contributed by atoms with Crippen molar-refractivity contribution in [2.75, 3.05) is 5.73 Å². The van der Waals surface area contributed by atoms with Gasteiger partial charge in [0.2, 0.25) is 0 Å². The summed E-state index contributed by atoms with van der Waals surface area (Å²) in [7, 11) is 0. The van der Waals surface area contributed by atoms with Gasteiger partial charge in [0, 0.05) is 28.0 Å². The number of para-hydroxylation sites is 1. The minimum atomic E-state index is -0.584. The molecule has 2 aromatic carbocycles. The average Bonchev–Trinajstić information content (AvgIpc) is 2.78. The zero-order chi connectivity index (χ0) is 22.4. The van der Waals surface area contributed by atoms with Crippen LogP contribution in [0, 0.1) is 18.3 Å². The van der Waals surface area contributed by atoms with Crippen molar-refractivity contribution in [1.82, 2.24) is 4.98 Å². The second-order valence-electron chi connectivity index (χ2n) is 7.39. The number of hydrogen-bond acceptors (Lipinski definition) is 7. The minimum absolute atomic E-state index is 0.0541. The topological polar surface area (TPSA) is 123 Å². The van der Waals surface area contributed by atoms with E-state index in [0.717, 1.165) is 10.9 Å². The number of nitrogens with zero attached hydrogens (tertiary/aromatic N) is 2. The second kappa shape index (κ2) is 7.22. The van der Waals surface area contributed by atoms with Crippen LogP contribution in [-0.2, 0) is 0 Å². The number of rotatable bonds is 2. The molecule has 0 amide bonds. The quantitative estimate of drug-likeness (QED) is 0.419. The molecule has 0 aliphatic rings. The van der Waals surface area contributed by atoms with Gasteiger partial charge in [0.25, 0.3) is 0 Å². The molecule has 5 rings (SSSR count). The van der Waals surface area contributed by atoms with Crippen molar-refractivity contribution in [1.29, 1.82) is 5.26 Å². The van der Waals surface area contributed by atoms with E-state index in [0.29, 0.717) is 27.7 Å². The van der Waals surface area contributed by atoms with Gasteiger partial charge < -0.3 is 14.6 Å². The summed E-state index contributed by atoms with van der Waals surface area (Å²) in [5, 5.41) is 11.1. The molecule has 3 aromatic heterocycles. The lowest BCUT2D eigenvalue weighted by Crippen LogP contribution is -2.07. The van der Waals surface area contributed by atoms with E-state index in [9.17, 15) is 14.9 Å². The summed E-state index contributed by atoms with van der Waals surface area (Å²) in [4.78, 5) is 29.2. The first-order valence-electron chi connectivity index (χ1n) is 9.73. The van der Waals surface area contributed by atoms with Crippen LogP contribution in [0.25, 0.3) is 44.3 Å². The monoisotopic (exact) mass is 421 g/mol. The Morgan fingerprint density at radius 1 is 0.906 bits per heavy atom. The lowest BCUT2D eigenvalue weighted by molar-refractivity contribution is 0.561. The van der Waals surface area contributed by atoms with E-state index in [-0.39, 0.29) is 22.6 Å². The fourth-order valence-electron chi connectivity index (χ4n) is 3.77. The van der Waals surface area contributed by atoms with Crippen LogP contribution in [-0.4, -0.2) is 4.98 Å². The Morgan fingerprint density at radius 2 is 1.72 bits per heavy atom. The Hall–Kier alpha value is -4.70. The Balaban J connectivity index is 1.85. The van der Waals surface area contributed by atoms with E-state index < -0.39 is 11.3 Å². The third-order valence-corrected chi connectivity index (χ3v) is 5.26. The highest BCUT2D eigenvalue weighted by atomic mass is 16.4. The van der Waals surface area contributed by atoms with Crippen LogP contribution in [0.4, 0.5) is 5.82 Å². The van der Waals surface area contributed by atoms with Crippen molar-refractivity contribution in [3.63, 3.8) is 0 Å². The fourth-order valence-corrected chi connectivity index (χ4v) is 3.77. The van der Waals surface area contributed by atoms with Gasteiger partial charge in [0.05, 0.1) is 11.3 Å². The molecule has 0 aliphatic heterocycles. The molecule has 5 aromatic rings. The number of fused-ring (bicyclic) bond motifs is 2. The lowest BCUT2D eigenvalue weighted by atomic mass is 9.95. The SMILES string of the molecule is Cc1ccc2oc(=O)cc(-c3cc(-c4cc5ccccc5oc4=O)nc(N)c3C#N)c2c1. The maximum atomic E-state index is 12.7. The van der Waals surface area contributed by atoms with Gasteiger partial charge >= 0.3 is 11.3 Å². The van der Waals surface area contributed by atoms with E-state index in [1.807, 2.05) is 31.2 Å². The molecule has 7 nitrogen and oxygen atoms in total. The van der Waals surface area contributed by atoms with Crippen molar-refractivity contribution in [3.8, 4) is 28.5 Å². The van der Waals surface area contributed by atoms with Crippen LogP contribution in [0.1, 0.15) is 11.1 Å². The molecule has 0 spiro atoms. The molecular formula is C25H15N3O4. The molecule has 0 saturated carbocycles. The normalized spacial score (nSPS) is 11.0. The summed E-state index contributed by atoms with van der Waals surface area (Å²) in [6.07, 6.45) is 0. The number of benzene rings is 2. The molecule has 7 heteroatoms. The van der Waals surface area contributed by atoms with Gasteiger partial charge in [-0.3, -0.25) is 0 Å². The number of pyridine rings is 1. The maximum Gasteiger partial charge on any atom is 0.345 e. The summed E-state index contributed by atoms with van der Waals surface area (Å²) < 4.78 is 10.7. The summed E-state index contributed by atoms with van der Waals surface area (Å²) in [5.74, 6) is -0.0541. The van der Waals surface area contributed by atoms with Gasteiger partial charge in [-0.1, -0.05) is 29.8 Å².